The highest BCUT2D eigenvalue weighted by Gasteiger charge is 2.17. The van der Waals surface area contributed by atoms with E-state index in [4.69, 9.17) is 11.6 Å². The molecule has 26 heavy (non-hydrogen) atoms. The van der Waals surface area contributed by atoms with E-state index in [2.05, 4.69) is 10.2 Å². The first-order chi connectivity index (χ1) is 12.7. The highest BCUT2D eigenvalue weighted by atomic mass is 35.5. The fourth-order valence-corrected chi connectivity index (χ4v) is 3.72. The molecule has 0 aromatic heterocycles. The van der Waals surface area contributed by atoms with Crippen molar-refractivity contribution in [2.75, 3.05) is 23.3 Å². The Morgan fingerprint density at radius 1 is 0.885 bits per heavy atom. The van der Waals surface area contributed by atoms with Gasteiger partial charge in [-0.15, -0.1) is 0 Å². The highest BCUT2D eigenvalue weighted by molar-refractivity contribution is 6.31. The Morgan fingerprint density at radius 3 is 2.46 bits per heavy atom. The first kappa shape index (κ1) is 16.9. The second kappa shape index (κ2) is 7.38. The molecule has 0 saturated carbocycles. The fourth-order valence-electron chi connectivity index (χ4n) is 3.54. The molecule has 132 valence electrons. The van der Waals surface area contributed by atoms with Crippen LogP contribution >= 0.6 is 11.6 Å². The monoisotopic (exact) mass is 364 g/mol. The van der Waals surface area contributed by atoms with Crippen LogP contribution in [-0.2, 0) is 0 Å². The summed E-state index contributed by atoms with van der Waals surface area (Å²) in [6.07, 6.45) is 3.63. The van der Waals surface area contributed by atoms with E-state index in [1.807, 2.05) is 60.7 Å². The van der Waals surface area contributed by atoms with Crippen molar-refractivity contribution in [1.29, 1.82) is 0 Å². The highest BCUT2D eigenvalue weighted by Crippen LogP contribution is 2.31. The number of carbonyl (C=O) groups excluding carboxylic acids is 1. The van der Waals surface area contributed by atoms with Crippen molar-refractivity contribution in [3.05, 3.63) is 71.2 Å². The summed E-state index contributed by atoms with van der Waals surface area (Å²) in [4.78, 5) is 15.2. The molecule has 0 aliphatic carbocycles. The normalized spacial score (nSPS) is 14.4. The molecule has 0 spiro atoms. The minimum atomic E-state index is -0.115. The lowest BCUT2D eigenvalue weighted by molar-refractivity contribution is 0.102. The number of nitrogens with zero attached hydrogens (tertiary/aromatic N) is 1. The molecule has 0 bridgehead atoms. The second-order valence-electron chi connectivity index (χ2n) is 6.73. The van der Waals surface area contributed by atoms with Gasteiger partial charge in [-0.3, -0.25) is 4.79 Å². The van der Waals surface area contributed by atoms with Crippen LogP contribution in [0.3, 0.4) is 0 Å². The van der Waals surface area contributed by atoms with Gasteiger partial charge in [-0.05, 0) is 60.4 Å². The Labute approximate surface area is 158 Å². The largest absolute Gasteiger partial charge is 0.370 e. The van der Waals surface area contributed by atoms with E-state index in [0.717, 1.165) is 35.2 Å². The summed E-state index contributed by atoms with van der Waals surface area (Å²) in [5.41, 5.74) is 2.47. The lowest BCUT2D eigenvalue weighted by atomic mass is 10.1. The molecule has 1 N–H and O–H groups in total. The number of piperidine rings is 1. The van der Waals surface area contributed by atoms with Crippen LogP contribution in [0.1, 0.15) is 29.6 Å². The molecule has 4 heteroatoms. The number of nitrogens with one attached hydrogen (secondary N) is 1. The number of halogens is 1. The van der Waals surface area contributed by atoms with Crippen LogP contribution in [-0.4, -0.2) is 19.0 Å². The van der Waals surface area contributed by atoms with Crippen molar-refractivity contribution in [1.82, 2.24) is 0 Å². The molecule has 3 aromatic carbocycles. The van der Waals surface area contributed by atoms with Gasteiger partial charge in [0, 0.05) is 23.7 Å². The van der Waals surface area contributed by atoms with E-state index in [1.165, 1.54) is 19.3 Å². The molecule has 4 rings (SSSR count). The Bertz CT molecular complexity index is 948. The Hall–Kier alpha value is -2.52. The van der Waals surface area contributed by atoms with Crippen LogP contribution in [0.4, 0.5) is 11.4 Å². The fraction of sp³-hybridized carbons (Fsp3) is 0.227. The molecular formula is C22H21ClN2O. The minimum absolute atomic E-state index is 0.115. The van der Waals surface area contributed by atoms with Crippen molar-refractivity contribution in [2.24, 2.45) is 0 Å². The quantitative estimate of drug-likeness (QED) is 0.643. The number of hydrogen-bond donors (Lipinski definition) is 1. The van der Waals surface area contributed by atoms with E-state index < -0.39 is 0 Å². The molecule has 1 aliphatic rings. The third kappa shape index (κ3) is 3.54. The summed E-state index contributed by atoms with van der Waals surface area (Å²) in [7, 11) is 0. The van der Waals surface area contributed by atoms with Gasteiger partial charge in [0.1, 0.15) is 0 Å². The lowest BCUT2D eigenvalue weighted by Crippen LogP contribution is -2.30. The van der Waals surface area contributed by atoms with E-state index >= 15 is 0 Å². The van der Waals surface area contributed by atoms with Crippen molar-refractivity contribution in [3.63, 3.8) is 0 Å². The predicted molar refractivity (Wildman–Crippen MR) is 109 cm³/mol. The third-order valence-electron chi connectivity index (χ3n) is 4.92. The summed E-state index contributed by atoms with van der Waals surface area (Å²) in [5, 5.41) is 5.87. The maximum Gasteiger partial charge on any atom is 0.255 e. The smallest absolute Gasteiger partial charge is 0.255 e. The van der Waals surface area contributed by atoms with E-state index in [9.17, 15) is 4.79 Å². The van der Waals surface area contributed by atoms with E-state index in [0.29, 0.717) is 10.6 Å². The predicted octanol–water partition coefficient (Wildman–Crippen LogP) is 5.74. The van der Waals surface area contributed by atoms with Crippen LogP contribution < -0.4 is 10.2 Å². The van der Waals surface area contributed by atoms with Gasteiger partial charge < -0.3 is 10.2 Å². The van der Waals surface area contributed by atoms with Gasteiger partial charge in [-0.2, -0.15) is 0 Å². The molecule has 3 nitrogen and oxygen atoms in total. The Morgan fingerprint density at radius 2 is 1.65 bits per heavy atom. The number of rotatable bonds is 3. The number of benzene rings is 3. The maximum atomic E-state index is 12.8. The summed E-state index contributed by atoms with van der Waals surface area (Å²) in [5.74, 6) is -0.115. The summed E-state index contributed by atoms with van der Waals surface area (Å²) >= 11 is 6.19. The minimum Gasteiger partial charge on any atom is -0.370 e. The van der Waals surface area contributed by atoms with Gasteiger partial charge in [0.05, 0.1) is 11.4 Å². The molecule has 3 aromatic rings. The van der Waals surface area contributed by atoms with E-state index in [1.54, 1.807) is 0 Å². The van der Waals surface area contributed by atoms with Gasteiger partial charge in [0.2, 0.25) is 0 Å². The van der Waals surface area contributed by atoms with Crippen LogP contribution in [0.5, 0.6) is 0 Å². The van der Waals surface area contributed by atoms with Crippen LogP contribution in [0.2, 0.25) is 5.02 Å². The first-order valence-electron chi connectivity index (χ1n) is 9.05. The molecule has 1 saturated heterocycles. The average Bonchev–Trinajstić information content (AvgIpc) is 2.68. The van der Waals surface area contributed by atoms with Gasteiger partial charge in [0.15, 0.2) is 0 Å². The van der Waals surface area contributed by atoms with Crippen molar-refractivity contribution in [3.8, 4) is 0 Å². The standard InChI is InChI=1S/C22H21ClN2O/c23-19-10-11-21(25-12-4-1-5-13-25)20(15-19)24-22(26)18-9-8-16-6-2-3-7-17(16)14-18/h2-3,6-11,14-15H,1,4-5,12-13H2,(H,24,26). The zero-order valence-electron chi connectivity index (χ0n) is 14.5. The molecule has 1 amide bonds. The molecule has 1 fully saturated rings. The second-order valence-corrected chi connectivity index (χ2v) is 7.16. The van der Waals surface area contributed by atoms with Gasteiger partial charge >= 0.3 is 0 Å². The Balaban J connectivity index is 1.62. The maximum absolute atomic E-state index is 12.8. The van der Waals surface area contributed by atoms with Gasteiger partial charge in [-0.25, -0.2) is 0 Å². The number of amides is 1. The first-order valence-corrected chi connectivity index (χ1v) is 9.43. The molecule has 0 radical (unpaired) electrons. The molecule has 0 atom stereocenters. The Kier molecular flexibility index (Phi) is 4.81. The molecule has 1 aliphatic heterocycles. The number of carbonyl (C=O) groups is 1. The molecule has 0 unspecified atom stereocenters. The lowest BCUT2D eigenvalue weighted by Gasteiger charge is -2.30. The molecule has 1 heterocycles. The van der Waals surface area contributed by atoms with Crippen LogP contribution in [0, 0.1) is 0 Å². The third-order valence-corrected chi connectivity index (χ3v) is 5.15. The average molecular weight is 365 g/mol. The SMILES string of the molecule is O=C(Nc1cc(Cl)ccc1N1CCCCC1)c1ccc2ccccc2c1. The number of anilines is 2. The van der Waals surface area contributed by atoms with Crippen molar-refractivity contribution >= 4 is 39.7 Å². The van der Waals surface area contributed by atoms with E-state index in [-0.39, 0.29) is 5.91 Å². The summed E-state index contributed by atoms with van der Waals surface area (Å²) < 4.78 is 0. The zero-order chi connectivity index (χ0) is 17.9. The van der Waals surface area contributed by atoms with Gasteiger partial charge in [0.25, 0.3) is 5.91 Å². The van der Waals surface area contributed by atoms with Gasteiger partial charge in [-0.1, -0.05) is 41.9 Å². The van der Waals surface area contributed by atoms with Crippen molar-refractivity contribution < 1.29 is 4.79 Å². The van der Waals surface area contributed by atoms with Crippen molar-refractivity contribution in [2.45, 2.75) is 19.3 Å². The summed E-state index contributed by atoms with van der Waals surface area (Å²) in [6.45, 7) is 2.03. The zero-order valence-corrected chi connectivity index (χ0v) is 15.3. The van der Waals surface area contributed by atoms with Crippen LogP contribution in [0.15, 0.2) is 60.7 Å². The molecular weight excluding hydrogens is 344 g/mol. The summed E-state index contributed by atoms with van der Waals surface area (Å²) in [6, 6.07) is 19.5. The van der Waals surface area contributed by atoms with Crippen LogP contribution in [0.25, 0.3) is 10.8 Å². The number of hydrogen-bond acceptors (Lipinski definition) is 2. The number of fused-ring (bicyclic) bond motifs is 1. The topological polar surface area (TPSA) is 32.3 Å².